The van der Waals surface area contributed by atoms with Gasteiger partial charge in [0, 0.05) is 11.9 Å². The number of nitrogen functional groups attached to an aromatic ring is 1. The van der Waals surface area contributed by atoms with Crippen LogP contribution in [0, 0.1) is 0 Å². The second-order valence-corrected chi connectivity index (χ2v) is 4.96. The van der Waals surface area contributed by atoms with Gasteiger partial charge in [0.05, 0.1) is 24.0 Å². The molecule has 0 aliphatic heterocycles. The summed E-state index contributed by atoms with van der Waals surface area (Å²) >= 11 is 0. The van der Waals surface area contributed by atoms with Gasteiger partial charge in [-0.2, -0.15) is 0 Å². The van der Waals surface area contributed by atoms with E-state index in [4.69, 9.17) is 5.73 Å². The average Bonchev–Trinajstić information content (AvgIpc) is 3.07. The van der Waals surface area contributed by atoms with Crippen LogP contribution >= 0.6 is 0 Å². The van der Waals surface area contributed by atoms with Crippen LogP contribution < -0.4 is 11.1 Å². The van der Waals surface area contributed by atoms with E-state index in [2.05, 4.69) is 15.3 Å². The standard InChI is InChI=1S/C14H16N4O/c15-11-3-1-10(2-4-11)14(5-6-14)13(19)17-8-12-7-16-9-18-12/h1-4,7,9H,5-6,8,15H2,(H,16,18)(H,17,19). The summed E-state index contributed by atoms with van der Waals surface area (Å²) in [6.45, 7) is 0.482. The Morgan fingerprint density at radius 1 is 1.37 bits per heavy atom. The molecule has 1 heterocycles. The molecular formula is C14H16N4O. The lowest BCUT2D eigenvalue weighted by molar-refractivity contribution is -0.123. The molecule has 4 N–H and O–H groups in total. The van der Waals surface area contributed by atoms with Gasteiger partial charge in [-0.25, -0.2) is 4.98 Å². The zero-order valence-electron chi connectivity index (χ0n) is 10.5. The number of amides is 1. The van der Waals surface area contributed by atoms with Crippen LogP contribution in [0.4, 0.5) is 5.69 Å². The molecule has 3 rings (SSSR count). The van der Waals surface area contributed by atoms with Gasteiger partial charge >= 0.3 is 0 Å². The van der Waals surface area contributed by atoms with Gasteiger partial charge in [-0.1, -0.05) is 12.1 Å². The number of nitrogens with two attached hydrogens (primary N) is 1. The van der Waals surface area contributed by atoms with Crippen molar-refractivity contribution in [1.29, 1.82) is 0 Å². The van der Waals surface area contributed by atoms with E-state index in [1.165, 1.54) is 0 Å². The first kappa shape index (κ1) is 11.8. The number of nitrogens with one attached hydrogen (secondary N) is 2. The lowest BCUT2D eigenvalue weighted by Gasteiger charge is -2.15. The Bertz CT molecular complexity index is 570. The van der Waals surface area contributed by atoms with Crippen LogP contribution in [0.5, 0.6) is 0 Å². The zero-order chi connectivity index (χ0) is 13.3. The molecule has 2 aromatic rings. The minimum Gasteiger partial charge on any atom is -0.399 e. The van der Waals surface area contributed by atoms with E-state index in [1.807, 2.05) is 24.3 Å². The maximum absolute atomic E-state index is 12.3. The number of hydrogen-bond donors (Lipinski definition) is 3. The first-order valence-corrected chi connectivity index (χ1v) is 6.32. The molecule has 19 heavy (non-hydrogen) atoms. The molecule has 1 fully saturated rings. The van der Waals surface area contributed by atoms with Crippen LogP contribution in [0.25, 0.3) is 0 Å². The quantitative estimate of drug-likeness (QED) is 0.722. The lowest BCUT2D eigenvalue weighted by atomic mass is 9.95. The number of H-pyrrole nitrogens is 1. The number of carbonyl (C=O) groups excluding carboxylic acids is 1. The highest BCUT2D eigenvalue weighted by Gasteiger charge is 2.50. The van der Waals surface area contributed by atoms with Crippen molar-refractivity contribution in [3.8, 4) is 0 Å². The summed E-state index contributed by atoms with van der Waals surface area (Å²) < 4.78 is 0. The minimum atomic E-state index is -0.353. The number of carbonyl (C=O) groups is 1. The van der Waals surface area contributed by atoms with E-state index in [0.717, 1.165) is 29.8 Å². The van der Waals surface area contributed by atoms with Gasteiger partial charge in [0.25, 0.3) is 0 Å². The molecule has 1 aromatic carbocycles. The van der Waals surface area contributed by atoms with Crippen LogP contribution in [0.3, 0.4) is 0 Å². The Morgan fingerprint density at radius 2 is 2.11 bits per heavy atom. The molecule has 1 aromatic heterocycles. The van der Waals surface area contributed by atoms with Gasteiger partial charge in [-0.05, 0) is 30.5 Å². The first-order chi connectivity index (χ1) is 9.21. The highest BCUT2D eigenvalue weighted by molar-refractivity contribution is 5.91. The summed E-state index contributed by atoms with van der Waals surface area (Å²) in [5.74, 6) is 0.0758. The Kier molecular flexibility index (Phi) is 2.74. The Labute approximate surface area is 111 Å². The third-order valence-electron chi connectivity index (χ3n) is 3.64. The van der Waals surface area contributed by atoms with E-state index >= 15 is 0 Å². The molecule has 0 spiro atoms. The fourth-order valence-electron chi connectivity index (χ4n) is 2.30. The molecular weight excluding hydrogens is 240 g/mol. The van der Waals surface area contributed by atoms with Crippen molar-refractivity contribution in [3.63, 3.8) is 0 Å². The molecule has 0 saturated heterocycles. The van der Waals surface area contributed by atoms with Crippen molar-refractivity contribution in [3.05, 3.63) is 48.0 Å². The molecule has 1 aliphatic carbocycles. The number of benzene rings is 1. The van der Waals surface area contributed by atoms with E-state index in [1.54, 1.807) is 12.5 Å². The largest absolute Gasteiger partial charge is 0.399 e. The fraction of sp³-hybridized carbons (Fsp3) is 0.286. The smallest absolute Gasteiger partial charge is 0.230 e. The van der Waals surface area contributed by atoms with Crippen LogP contribution in [-0.2, 0) is 16.8 Å². The lowest BCUT2D eigenvalue weighted by Crippen LogP contribution is -2.34. The average molecular weight is 256 g/mol. The SMILES string of the molecule is Nc1ccc(C2(C(=O)NCc3cnc[nH]3)CC2)cc1. The minimum absolute atomic E-state index is 0.0758. The number of aromatic amines is 1. The number of rotatable bonds is 4. The number of hydrogen-bond acceptors (Lipinski definition) is 3. The number of aromatic nitrogens is 2. The van der Waals surface area contributed by atoms with Crippen LogP contribution in [0.1, 0.15) is 24.1 Å². The Hall–Kier alpha value is -2.30. The van der Waals surface area contributed by atoms with Crippen LogP contribution in [-0.4, -0.2) is 15.9 Å². The van der Waals surface area contributed by atoms with Gasteiger partial charge in [0.15, 0.2) is 0 Å². The topological polar surface area (TPSA) is 83.8 Å². The molecule has 98 valence electrons. The van der Waals surface area contributed by atoms with Crippen molar-refractivity contribution in [2.75, 3.05) is 5.73 Å². The Balaban J connectivity index is 1.70. The highest BCUT2D eigenvalue weighted by Crippen LogP contribution is 2.48. The van der Waals surface area contributed by atoms with E-state index < -0.39 is 0 Å². The van der Waals surface area contributed by atoms with E-state index in [0.29, 0.717) is 6.54 Å². The van der Waals surface area contributed by atoms with E-state index in [-0.39, 0.29) is 11.3 Å². The molecule has 0 unspecified atom stereocenters. The summed E-state index contributed by atoms with van der Waals surface area (Å²) in [5, 5.41) is 2.96. The Morgan fingerprint density at radius 3 is 2.68 bits per heavy atom. The summed E-state index contributed by atoms with van der Waals surface area (Å²) in [4.78, 5) is 19.2. The monoisotopic (exact) mass is 256 g/mol. The molecule has 0 radical (unpaired) electrons. The van der Waals surface area contributed by atoms with Crippen molar-refractivity contribution in [2.45, 2.75) is 24.8 Å². The zero-order valence-corrected chi connectivity index (χ0v) is 10.5. The van der Waals surface area contributed by atoms with Crippen LogP contribution in [0.15, 0.2) is 36.8 Å². The summed E-state index contributed by atoms with van der Waals surface area (Å²) in [6, 6.07) is 7.57. The second kappa shape index (κ2) is 4.42. The van der Waals surface area contributed by atoms with Crippen molar-refractivity contribution in [1.82, 2.24) is 15.3 Å². The van der Waals surface area contributed by atoms with Gasteiger partial charge < -0.3 is 16.0 Å². The molecule has 5 heteroatoms. The van der Waals surface area contributed by atoms with Crippen LogP contribution in [0.2, 0.25) is 0 Å². The third-order valence-corrected chi connectivity index (χ3v) is 3.64. The molecule has 1 saturated carbocycles. The van der Waals surface area contributed by atoms with Crippen molar-refractivity contribution < 1.29 is 4.79 Å². The maximum atomic E-state index is 12.3. The molecule has 0 bridgehead atoms. The predicted molar refractivity (Wildman–Crippen MR) is 72.2 cm³/mol. The normalized spacial score (nSPS) is 16.0. The third kappa shape index (κ3) is 2.19. The van der Waals surface area contributed by atoms with E-state index in [9.17, 15) is 4.79 Å². The molecule has 1 aliphatic rings. The second-order valence-electron chi connectivity index (χ2n) is 4.96. The molecule has 5 nitrogen and oxygen atoms in total. The molecule has 1 amide bonds. The summed E-state index contributed by atoms with van der Waals surface area (Å²) in [7, 11) is 0. The van der Waals surface area contributed by atoms with Crippen molar-refractivity contribution in [2.24, 2.45) is 0 Å². The van der Waals surface area contributed by atoms with Gasteiger partial charge in [0.2, 0.25) is 5.91 Å². The molecule has 0 atom stereocenters. The van der Waals surface area contributed by atoms with Gasteiger partial charge in [-0.15, -0.1) is 0 Å². The number of nitrogens with zero attached hydrogens (tertiary/aromatic N) is 1. The van der Waals surface area contributed by atoms with Gasteiger partial charge in [0.1, 0.15) is 0 Å². The van der Waals surface area contributed by atoms with Crippen molar-refractivity contribution >= 4 is 11.6 Å². The number of anilines is 1. The van der Waals surface area contributed by atoms with Gasteiger partial charge in [-0.3, -0.25) is 4.79 Å². The first-order valence-electron chi connectivity index (χ1n) is 6.32. The predicted octanol–water partition coefficient (Wildman–Crippen LogP) is 1.34. The number of imidazole rings is 1. The maximum Gasteiger partial charge on any atom is 0.230 e. The highest BCUT2D eigenvalue weighted by atomic mass is 16.2. The summed E-state index contributed by atoms with van der Waals surface area (Å²) in [6.07, 6.45) is 5.11. The fourth-order valence-corrected chi connectivity index (χ4v) is 2.30. The summed E-state index contributed by atoms with van der Waals surface area (Å²) in [5.41, 5.74) is 7.99.